The number of nitrogens with one attached hydrogen (secondary N) is 1. The average Bonchev–Trinajstić information content (AvgIpc) is 2.83. The zero-order valence-electron chi connectivity index (χ0n) is 11.0. The summed E-state index contributed by atoms with van der Waals surface area (Å²) in [6.45, 7) is 5.72. The van der Waals surface area contributed by atoms with Gasteiger partial charge in [-0.25, -0.2) is 0 Å². The second kappa shape index (κ2) is 6.42. The highest BCUT2D eigenvalue weighted by Gasteiger charge is 2.10. The van der Waals surface area contributed by atoms with Crippen LogP contribution >= 0.6 is 23.2 Å². The summed E-state index contributed by atoms with van der Waals surface area (Å²) in [5.74, 6) is 0. The second-order valence-corrected chi connectivity index (χ2v) is 5.27. The molecule has 2 aromatic rings. The molecule has 1 N–H and O–H groups in total. The molecule has 0 aliphatic heterocycles. The summed E-state index contributed by atoms with van der Waals surface area (Å²) in [6.07, 6.45) is 3.89. The Morgan fingerprint density at radius 2 is 2.00 bits per heavy atom. The molecule has 1 aromatic heterocycles. The van der Waals surface area contributed by atoms with E-state index in [9.17, 15) is 0 Å². The van der Waals surface area contributed by atoms with E-state index in [2.05, 4.69) is 24.3 Å². The maximum absolute atomic E-state index is 6.16. The zero-order valence-corrected chi connectivity index (χ0v) is 12.5. The van der Waals surface area contributed by atoms with Crippen LogP contribution < -0.4 is 5.32 Å². The molecule has 0 saturated carbocycles. The van der Waals surface area contributed by atoms with Crippen molar-refractivity contribution in [2.24, 2.45) is 0 Å². The molecule has 1 aromatic carbocycles. The lowest BCUT2D eigenvalue weighted by atomic mass is 10.2. The first kappa shape index (κ1) is 14.4. The van der Waals surface area contributed by atoms with Gasteiger partial charge in [-0.05, 0) is 25.6 Å². The van der Waals surface area contributed by atoms with Gasteiger partial charge in [-0.1, -0.05) is 36.2 Å². The summed E-state index contributed by atoms with van der Waals surface area (Å²) < 4.78 is 1.86. The van der Waals surface area contributed by atoms with Gasteiger partial charge in [0.1, 0.15) is 0 Å². The van der Waals surface area contributed by atoms with Crippen molar-refractivity contribution in [1.29, 1.82) is 0 Å². The smallest absolute Gasteiger partial charge is 0.0688 e. The van der Waals surface area contributed by atoms with E-state index >= 15 is 0 Å². The van der Waals surface area contributed by atoms with Crippen LogP contribution in [0.15, 0.2) is 30.6 Å². The fourth-order valence-corrected chi connectivity index (χ4v) is 2.48. The van der Waals surface area contributed by atoms with Crippen LogP contribution in [0.25, 0.3) is 0 Å². The minimum Gasteiger partial charge on any atom is -0.310 e. The molecule has 0 amide bonds. The van der Waals surface area contributed by atoms with Crippen molar-refractivity contribution in [2.75, 3.05) is 6.54 Å². The van der Waals surface area contributed by atoms with Gasteiger partial charge < -0.3 is 5.32 Å². The maximum atomic E-state index is 6.16. The Balaban J connectivity index is 2.16. The second-order valence-electron chi connectivity index (χ2n) is 4.45. The third-order valence-corrected chi connectivity index (χ3v) is 3.75. The Kier molecular flexibility index (Phi) is 4.86. The number of halogens is 2. The van der Waals surface area contributed by atoms with Crippen molar-refractivity contribution >= 4 is 23.2 Å². The van der Waals surface area contributed by atoms with Gasteiger partial charge in [-0.2, -0.15) is 5.10 Å². The van der Waals surface area contributed by atoms with Gasteiger partial charge in [0.15, 0.2) is 0 Å². The van der Waals surface area contributed by atoms with E-state index in [1.54, 1.807) is 0 Å². The van der Waals surface area contributed by atoms with Crippen LogP contribution in [0.4, 0.5) is 0 Å². The van der Waals surface area contributed by atoms with Crippen molar-refractivity contribution in [2.45, 2.75) is 26.4 Å². The minimum absolute atomic E-state index is 0.292. The van der Waals surface area contributed by atoms with Crippen LogP contribution in [0.1, 0.15) is 31.0 Å². The largest absolute Gasteiger partial charge is 0.310 e. The Hall–Kier alpha value is -1.03. The van der Waals surface area contributed by atoms with E-state index in [1.165, 1.54) is 0 Å². The summed E-state index contributed by atoms with van der Waals surface area (Å²) in [6, 6.07) is 5.82. The minimum atomic E-state index is 0.292. The molecule has 0 aliphatic rings. The van der Waals surface area contributed by atoms with Gasteiger partial charge in [0.25, 0.3) is 0 Å². The monoisotopic (exact) mass is 297 g/mol. The van der Waals surface area contributed by atoms with E-state index in [4.69, 9.17) is 23.2 Å². The average molecular weight is 298 g/mol. The van der Waals surface area contributed by atoms with Gasteiger partial charge in [-0.15, -0.1) is 0 Å². The highest BCUT2D eigenvalue weighted by atomic mass is 35.5. The fourth-order valence-electron chi connectivity index (χ4n) is 1.96. The van der Waals surface area contributed by atoms with Gasteiger partial charge in [0.05, 0.1) is 12.7 Å². The molecule has 1 unspecified atom stereocenters. The molecule has 5 heteroatoms. The molecule has 1 heterocycles. The molecule has 0 fully saturated rings. The number of benzene rings is 1. The van der Waals surface area contributed by atoms with Gasteiger partial charge in [0.2, 0.25) is 0 Å². The van der Waals surface area contributed by atoms with Crippen LogP contribution in [0.3, 0.4) is 0 Å². The van der Waals surface area contributed by atoms with Crippen LogP contribution in [-0.2, 0) is 6.54 Å². The Morgan fingerprint density at radius 3 is 2.63 bits per heavy atom. The van der Waals surface area contributed by atoms with E-state index < -0.39 is 0 Å². The third-order valence-electron chi connectivity index (χ3n) is 3.05. The number of nitrogens with zero attached hydrogens (tertiary/aromatic N) is 2. The molecule has 102 valence electrons. The van der Waals surface area contributed by atoms with Gasteiger partial charge in [0, 0.05) is 33.4 Å². The predicted molar refractivity (Wildman–Crippen MR) is 79.9 cm³/mol. The molecule has 3 nitrogen and oxygen atoms in total. The molecule has 2 rings (SSSR count). The predicted octanol–water partition coefficient (Wildman–Crippen LogP) is 3.91. The summed E-state index contributed by atoms with van der Waals surface area (Å²) in [5, 5.41) is 9.05. The quantitative estimate of drug-likeness (QED) is 0.907. The summed E-state index contributed by atoms with van der Waals surface area (Å²) in [7, 11) is 0. The Labute approximate surface area is 123 Å². The molecule has 0 radical (unpaired) electrons. The molecule has 0 bridgehead atoms. The Morgan fingerprint density at radius 1 is 1.32 bits per heavy atom. The topological polar surface area (TPSA) is 29.9 Å². The van der Waals surface area contributed by atoms with Crippen molar-refractivity contribution < 1.29 is 0 Å². The molecule has 0 saturated heterocycles. The first-order valence-corrected chi connectivity index (χ1v) is 7.06. The standard InChI is InChI=1S/C14H17Cl2N3/c1-3-17-10(2)11-7-18-19(8-11)9-12-13(15)5-4-6-14(12)16/h4-8,10,17H,3,9H2,1-2H3. The molecular weight excluding hydrogens is 281 g/mol. The van der Waals surface area contributed by atoms with E-state index in [-0.39, 0.29) is 0 Å². The van der Waals surface area contributed by atoms with Crippen molar-refractivity contribution in [3.8, 4) is 0 Å². The normalized spacial score (nSPS) is 12.6. The summed E-state index contributed by atoms with van der Waals surface area (Å²) in [4.78, 5) is 0. The van der Waals surface area contributed by atoms with Gasteiger partial charge >= 0.3 is 0 Å². The number of hydrogen-bond donors (Lipinski definition) is 1. The molecule has 0 aliphatic carbocycles. The van der Waals surface area contributed by atoms with Crippen LogP contribution in [0.2, 0.25) is 10.0 Å². The summed E-state index contributed by atoms with van der Waals surface area (Å²) >= 11 is 12.3. The molecular formula is C14H17Cl2N3. The van der Waals surface area contributed by atoms with Gasteiger partial charge in [-0.3, -0.25) is 4.68 Å². The lowest BCUT2D eigenvalue weighted by Gasteiger charge is -2.09. The van der Waals surface area contributed by atoms with E-state index in [1.807, 2.05) is 35.3 Å². The third kappa shape index (κ3) is 3.50. The Bertz CT molecular complexity index is 531. The molecule has 0 spiro atoms. The summed E-state index contributed by atoms with van der Waals surface area (Å²) in [5.41, 5.74) is 2.06. The van der Waals surface area contributed by atoms with Crippen LogP contribution in [0.5, 0.6) is 0 Å². The van der Waals surface area contributed by atoms with Crippen molar-refractivity contribution in [1.82, 2.24) is 15.1 Å². The number of rotatable bonds is 5. The maximum Gasteiger partial charge on any atom is 0.0688 e. The first-order valence-electron chi connectivity index (χ1n) is 6.30. The first-order chi connectivity index (χ1) is 9.11. The van der Waals surface area contributed by atoms with E-state index in [0.717, 1.165) is 17.7 Å². The number of hydrogen-bond acceptors (Lipinski definition) is 2. The highest BCUT2D eigenvalue weighted by molar-refractivity contribution is 6.35. The number of aromatic nitrogens is 2. The lowest BCUT2D eigenvalue weighted by Crippen LogP contribution is -2.17. The SMILES string of the molecule is CCNC(C)c1cnn(Cc2c(Cl)cccc2Cl)c1. The van der Waals surface area contributed by atoms with Crippen molar-refractivity contribution in [3.05, 3.63) is 51.8 Å². The molecule has 1 atom stereocenters. The van der Waals surface area contributed by atoms with E-state index in [0.29, 0.717) is 22.6 Å². The van der Waals surface area contributed by atoms with Crippen molar-refractivity contribution in [3.63, 3.8) is 0 Å². The lowest BCUT2D eigenvalue weighted by molar-refractivity contribution is 0.596. The molecule has 19 heavy (non-hydrogen) atoms. The zero-order chi connectivity index (χ0) is 13.8. The highest BCUT2D eigenvalue weighted by Crippen LogP contribution is 2.25. The van der Waals surface area contributed by atoms with Crippen LogP contribution in [-0.4, -0.2) is 16.3 Å². The van der Waals surface area contributed by atoms with Crippen LogP contribution in [0, 0.1) is 0 Å². The fraction of sp³-hybridized carbons (Fsp3) is 0.357.